The van der Waals surface area contributed by atoms with Gasteiger partial charge < -0.3 is 15.0 Å². The standard InChI is InChI=1S/C36H39ClN4O7S/c1-25-15-20-30(22-32(25)41(44)45)49(46,47)40(28-16-18-29(48-5)19-17-28)24-34(42)39(23-27-13-9-10-14-31(27)37)33(35(43)38-36(2,3)4)21-26-11-7-6-8-12-26/h6-20,22,33H,21,23-24H2,1-5H3,(H,38,43)/t33-/m0/s1. The molecule has 0 unspecified atom stereocenters. The number of aryl methyl sites for hydroxylation is 1. The maximum atomic E-state index is 14.6. The number of rotatable bonds is 13. The number of sulfonamides is 1. The van der Waals surface area contributed by atoms with Crippen molar-refractivity contribution in [2.24, 2.45) is 0 Å². The molecule has 1 N–H and O–H groups in total. The van der Waals surface area contributed by atoms with Crippen LogP contribution in [-0.2, 0) is 32.6 Å². The Labute approximate surface area is 291 Å². The zero-order chi connectivity index (χ0) is 35.9. The van der Waals surface area contributed by atoms with Gasteiger partial charge in [0.1, 0.15) is 18.3 Å². The number of hydrogen-bond donors (Lipinski definition) is 1. The second kappa shape index (κ2) is 15.5. The minimum Gasteiger partial charge on any atom is -0.497 e. The van der Waals surface area contributed by atoms with E-state index in [2.05, 4.69) is 5.32 Å². The lowest BCUT2D eigenvalue weighted by Crippen LogP contribution is -2.56. The number of halogens is 1. The molecule has 0 fully saturated rings. The predicted octanol–water partition coefficient (Wildman–Crippen LogP) is 6.32. The Morgan fingerprint density at radius 1 is 0.959 bits per heavy atom. The van der Waals surface area contributed by atoms with Gasteiger partial charge in [-0.3, -0.25) is 24.0 Å². The number of nitro groups is 1. The van der Waals surface area contributed by atoms with Crippen LogP contribution < -0.4 is 14.4 Å². The van der Waals surface area contributed by atoms with Crippen LogP contribution in [0.5, 0.6) is 5.75 Å². The van der Waals surface area contributed by atoms with Crippen LogP contribution in [0.15, 0.2) is 102 Å². The fourth-order valence-electron chi connectivity index (χ4n) is 5.17. The number of anilines is 1. The van der Waals surface area contributed by atoms with E-state index in [0.717, 1.165) is 15.9 Å². The molecule has 0 bridgehead atoms. The highest BCUT2D eigenvalue weighted by molar-refractivity contribution is 7.92. The van der Waals surface area contributed by atoms with Crippen LogP contribution in [0, 0.1) is 17.0 Å². The first-order valence-corrected chi connectivity index (χ1v) is 17.2. The highest BCUT2D eigenvalue weighted by Gasteiger charge is 2.36. The van der Waals surface area contributed by atoms with E-state index >= 15 is 0 Å². The van der Waals surface area contributed by atoms with E-state index in [1.165, 1.54) is 55.3 Å². The van der Waals surface area contributed by atoms with Crippen molar-refractivity contribution in [1.82, 2.24) is 10.2 Å². The zero-order valence-electron chi connectivity index (χ0n) is 27.9. The van der Waals surface area contributed by atoms with Gasteiger partial charge in [-0.15, -0.1) is 0 Å². The minimum atomic E-state index is -4.58. The van der Waals surface area contributed by atoms with E-state index < -0.39 is 44.9 Å². The lowest BCUT2D eigenvalue weighted by atomic mass is 10.0. The quantitative estimate of drug-likeness (QED) is 0.127. The number of nitrogens with one attached hydrogen (secondary N) is 1. The Bertz CT molecular complexity index is 1910. The number of hydrogen-bond acceptors (Lipinski definition) is 7. The number of amides is 2. The van der Waals surface area contributed by atoms with Crippen LogP contribution >= 0.6 is 11.6 Å². The first-order chi connectivity index (χ1) is 23.1. The SMILES string of the molecule is COc1ccc(N(CC(=O)N(Cc2ccccc2Cl)[C@@H](Cc2ccccc2)C(=O)NC(C)(C)C)S(=O)(=O)c2ccc(C)c([N+](=O)[O-])c2)cc1. The normalized spacial score (nSPS) is 12.1. The van der Waals surface area contributed by atoms with Gasteiger partial charge in [0.2, 0.25) is 11.8 Å². The highest BCUT2D eigenvalue weighted by atomic mass is 35.5. The molecule has 0 aliphatic carbocycles. The van der Waals surface area contributed by atoms with Crippen LogP contribution in [0.4, 0.5) is 11.4 Å². The minimum absolute atomic E-state index is 0.105. The Hall–Kier alpha value is -4.94. The van der Waals surface area contributed by atoms with Gasteiger partial charge in [0.25, 0.3) is 15.7 Å². The van der Waals surface area contributed by atoms with Crippen molar-refractivity contribution in [3.8, 4) is 5.75 Å². The summed E-state index contributed by atoms with van der Waals surface area (Å²) < 4.78 is 34.8. The molecule has 4 aromatic carbocycles. The van der Waals surface area contributed by atoms with E-state index in [1.54, 1.807) is 24.3 Å². The van der Waals surface area contributed by atoms with Crippen molar-refractivity contribution in [3.05, 3.63) is 129 Å². The van der Waals surface area contributed by atoms with Gasteiger partial charge in [0.05, 0.1) is 22.6 Å². The topological polar surface area (TPSA) is 139 Å². The molecule has 49 heavy (non-hydrogen) atoms. The predicted molar refractivity (Wildman–Crippen MR) is 189 cm³/mol. The lowest BCUT2D eigenvalue weighted by Gasteiger charge is -2.35. The van der Waals surface area contributed by atoms with Crippen molar-refractivity contribution in [2.45, 2.75) is 57.1 Å². The van der Waals surface area contributed by atoms with Crippen molar-refractivity contribution < 1.29 is 27.7 Å². The lowest BCUT2D eigenvalue weighted by molar-refractivity contribution is -0.385. The summed E-state index contributed by atoms with van der Waals surface area (Å²) in [5, 5.41) is 15.1. The summed E-state index contributed by atoms with van der Waals surface area (Å²) in [4.78, 5) is 40.7. The molecule has 0 heterocycles. The van der Waals surface area contributed by atoms with Crippen LogP contribution in [0.2, 0.25) is 5.02 Å². The smallest absolute Gasteiger partial charge is 0.273 e. The molecule has 258 valence electrons. The Morgan fingerprint density at radius 3 is 2.18 bits per heavy atom. The second-order valence-corrected chi connectivity index (χ2v) is 14.7. The molecule has 2 amide bonds. The maximum Gasteiger partial charge on any atom is 0.273 e. The van der Waals surface area contributed by atoms with Crippen molar-refractivity contribution in [2.75, 3.05) is 18.0 Å². The van der Waals surface area contributed by atoms with Crippen LogP contribution in [-0.4, -0.2) is 55.3 Å². The van der Waals surface area contributed by atoms with Crippen molar-refractivity contribution in [3.63, 3.8) is 0 Å². The van der Waals surface area contributed by atoms with Gasteiger partial charge in [0, 0.05) is 35.2 Å². The monoisotopic (exact) mass is 706 g/mol. The second-order valence-electron chi connectivity index (χ2n) is 12.5. The highest BCUT2D eigenvalue weighted by Crippen LogP contribution is 2.30. The maximum absolute atomic E-state index is 14.6. The van der Waals surface area contributed by atoms with E-state index in [1.807, 2.05) is 51.1 Å². The van der Waals surface area contributed by atoms with Crippen molar-refractivity contribution >= 4 is 44.8 Å². The molecule has 0 radical (unpaired) electrons. The van der Waals surface area contributed by atoms with Gasteiger partial charge in [0.15, 0.2) is 0 Å². The summed E-state index contributed by atoms with van der Waals surface area (Å²) in [5.41, 5.74) is 0.671. The summed E-state index contributed by atoms with van der Waals surface area (Å²) in [5.74, 6) is -0.698. The summed E-state index contributed by atoms with van der Waals surface area (Å²) in [7, 11) is -3.12. The number of benzene rings is 4. The Morgan fingerprint density at radius 2 is 1.59 bits per heavy atom. The van der Waals surface area contributed by atoms with E-state index in [9.17, 15) is 28.1 Å². The molecule has 1 atom stereocenters. The number of ether oxygens (including phenoxy) is 1. The summed E-state index contributed by atoms with van der Waals surface area (Å²) in [6.07, 6.45) is 0.123. The molecule has 0 aromatic heterocycles. The molecule has 11 nitrogen and oxygen atoms in total. The fraction of sp³-hybridized carbons (Fsp3) is 0.278. The number of methoxy groups -OCH3 is 1. The first kappa shape index (κ1) is 36.9. The van der Waals surface area contributed by atoms with E-state index in [0.29, 0.717) is 16.3 Å². The van der Waals surface area contributed by atoms with Gasteiger partial charge >= 0.3 is 0 Å². The van der Waals surface area contributed by atoms with Crippen LogP contribution in [0.3, 0.4) is 0 Å². The van der Waals surface area contributed by atoms with Gasteiger partial charge in [-0.2, -0.15) is 0 Å². The average molecular weight is 707 g/mol. The van der Waals surface area contributed by atoms with Crippen LogP contribution in [0.25, 0.3) is 0 Å². The summed E-state index contributed by atoms with van der Waals surface area (Å²) in [6.45, 7) is 6.12. The molecule has 0 saturated heterocycles. The Balaban J connectivity index is 1.86. The van der Waals surface area contributed by atoms with Crippen LogP contribution in [0.1, 0.15) is 37.5 Å². The van der Waals surface area contributed by atoms with Gasteiger partial charge in [-0.1, -0.05) is 66.2 Å². The van der Waals surface area contributed by atoms with E-state index in [4.69, 9.17) is 16.3 Å². The first-order valence-electron chi connectivity index (χ1n) is 15.4. The molecule has 4 aromatic rings. The number of nitrogens with zero attached hydrogens (tertiary/aromatic N) is 3. The molecular weight excluding hydrogens is 668 g/mol. The molecule has 0 spiro atoms. The average Bonchev–Trinajstić information content (AvgIpc) is 3.05. The van der Waals surface area contributed by atoms with Gasteiger partial charge in [-0.05, 0) is 75.2 Å². The number of carbonyl (C=O) groups excluding carboxylic acids is 2. The molecule has 0 aliphatic heterocycles. The summed E-state index contributed by atoms with van der Waals surface area (Å²) in [6, 6.07) is 24.6. The Kier molecular flexibility index (Phi) is 11.7. The molecule has 0 aliphatic rings. The van der Waals surface area contributed by atoms with E-state index in [-0.39, 0.29) is 34.8 Å². The number of carbonyl (C=O) groups is 2. The third-order valence-corrected chi connectivity index (χ3v) is 9.81. The summed E-state index contributed by atoms with van der Waals surface area (Å²) >= 11 is 6.55. The van der Waals surface area contributed by atoms with Gasteiger partial charge in [-0.25, -0.2) is 8.42 Å². The molecule has 13 heteroatoms. The molecular formula is C36H39ClN4O7S. The molecule has 0 saturated carbocycles. The van der Waals surface area contributed by atoms with Crippen molar-refractivity contribution in [1.29, 1.82) is 0 Å². The third-order valence-electron chi connectivity index (χ3n) is 7.67. The fourth-order valence-corrected chi connectivity index (χ4v) is 6.80. The molecule has 4 rings (SSSR count). The largest absolute Gasteiger partial charge is 0.497 e. The zero-order valence-corrected chi connectivity index (χ0v) is 29.5. The number of nitro benzene ring substituents is 1. The third kappa shape index (κ3) is 9.36.